The van der Waals surface area contributed by atoms with Crippen molar-refractivity contribution in [2.45, 2.75) is 25.1 Å². The molecule has 0 aromatic heterocycles. The number of ether oxygens (including phenoxy) is 1. The van der Waals surface area contributed by atoms with Crippen LogP contribution >= 0.6 is 0 Å². The predicted octanol–water partition coefficient (Wildman–Crippen LogP) is 3.42. The van der Waals surface area contributed by atoms with Gasteiger partial charge in [0.1, 0.15) is 5.82 Å². The normalized spacial score (nSPS) is 16.5. The Balaban J connectivity index is 2.09. The van der Waals surface area contributed by atoms with Crippen LogP contribution < -0.4 is 5.32 Å². The number of nitrogens with zero attached hydrogens (tertiary/aromatic N) is 2. The Morgan fingerprint density at radius 2 is 2.00 bits per heavy atom. The second-order valence-corrected chi connectivity index (χ2v) is 6.34. The van der Waals surface area contributed by atoms with Crippen LogP contribution in [0.1, 0.15) is 18.4 Å². The summed E-state index contributed by atoms with van der Waals surface area (Å²) in [6.07, 6.45) is -3.20. The maximum atomic E-state index is 13.7. The SMILES string of the molecule is COCCN(C(=O)Nc1ccc(C(F)(F)F)c(F)c1)C1CCN(C)CC1. The summed E-state index contributed by atoms with van der Waals surface area (Å²) in [5.41, 5.74) is -1.38. The number of benzene rings is 1. The van der Waals surface area contributed by atoms with Crippen molar-refractivity contribution in [2.24, 2.45) is 0 Å². The van der Waals surface area contributed by atoms with Crippen molar-refractivity contribution < 1.29 is 27.1 Å². The molecule has 1 fully saturated rings. The van der Waals surface area contributed by atoms with Crippen LogP contribution in [0, 0.1) is 5.82 Å². The van der Waals surface area contributed by atoms with Crippen LogP contribution in [0.5, 0.6) is 0 Å². The maximum absolute atomic E-state index is 13.7. The van der Waals surface area contributed by atoms with Crippen molar-refractivity contribution in [1.29, 1.82) is 0 Å². The highest BCUT2D eigenvalue weighted by atomic mass is 19.4. The van der Waals surface area contributed by atoms with Crippen molar-refractivity contribution in [3.05, 3.63) is 29.6 Å². The van der Waals surface area contributed by atoms with Crippen LogP contribution in [0.4, 0.5) is 28.0 Å². The van der Waals surface area contributed by atoms with Gasteiger partial charge in [0, 0.05) is 25.4 Å². The highest BCUT2D eigenvalue weighted by Crippen LogP contribution is 2.32. The third-order valence-corrected chi connectivity index (χ3v) is 4.45. The molecule has 1 heterocycles. The van der Waals surface area contributed by atoms with E-state index in [1.54, 1.807) is 4.90 Å². The number of alkyl halides is 3. The van der Waals surface area contributed by atoms with E-state index in [0.29, 0.717) is 25.3 Å². The highest BCUT2D eigenvalue weighted by Gasteiger charge is 2.34. The second kappa shape index (κ2) is 8.68. The molecule has 1 aromatic rings. The number of urea groups is 1. The van der Waals surface area contributed by atoms with E-state index in [2.05, 4.69) is 10.2 Å². The smallest absolute Gasteiger partial charge is 0.383 e. The van der Waals surface area contributed by atoms with E-state index in [4.69, 9.17) is 4.74 Å². The molecule has 2 amide bonds. The first-order valence-electron chi connectivity index (χ1n) is 8.34. The Labute approximate surface area is 149 Å². The molecule has 9 heteroatoms. The minimum absolute atomic E-state index is 0.000597. The van der Waals surface area contributed by atoms with Gasteiger partial charge >= 0.3 is 12.2 Å². The lowest BCUT2D eigenvalue weighted by Crippen LogP contribution is -2.49. The van der Waals surface area contributed by atoms with Gasteiger partial charge in [-0.3, -0.25) is 0 Å². The minimum atomic E-state index is -4.77. The number of halogens is 4. The summed E-state index contributed by atoms with van der Waals surface area (Å²) in [5, 5.41) is 2.49. The van der Waals surface area contributed by atoms with E-state index in [0.717, 1.165) is 32.0 Å². The molecular weight excluding hydrogens is 354 g/mol. The molecule has 0 radical (unpaired) electrons. The van der Waals surface area contributed by atoms with Gasteiger partial charge in [-0.1, -0.05) is 0 Å². The van der Waals surface area contributed by atoms with Crippen LogP contribution in [0.2, 0.25) is 0 Å². The molecule has 146 valence electrons. The molecule has 2 rings (SSSR count). The molecule has 0 aliphatic carbocycles. The molecule has 1 aliphatic heterocycles. The fraction of sp³-hybridized carbons (Fsp3) is 0.588. The molecule has 0 spiro atoms. The lowest BCUT2D eigenvalue weighted by molar-refractivity contribution is -0.139. The summed E-state index contributed by atoms with van der Waals surface area (Å²) in [7, 11) is 3.52. The van der Waals surface area contributed by atoms with Crippen LogP contribution in [-0.2, 0) is 10.9 Å². The molecular formula is C17H23F4N3O2. The van der Waals surface area contributed by atoms with Crippen LogP contribution in [0.15, 0.2) is 18.2 Å². The Bertz CT molecular complexity index is 617. The number of hydrogen-bond donors (Lipinski definition) is 1. The van der Waals surface area contributed by atoms with Crippen molar-refractivity contribution in [3.8, 4) is 0 Å². The van der Waals surface area contributed by atoms with E-state index < -0.39 is 23.6 Å². The van der Waals surface area contributed by atoms with E-state index in [1.165, 1.54) is 7.11 Å². The van der Waals surface area contributed by atoms with Crippen LogP contribution in [0.3, 0.4) is 0 Å². The molecule has 0 atom stereocenters. The maximum Gasteiger partial charge on any atom is 0.419 e. The summed E-state index contributed by atoms with van der Waals surface area (Å²) in [5.74, 6) is -1.42. The topological polar surface area (TPSA) is 44.8 Å². The van der Waals surface area contributed by atoms with Crippen molar-refractivity contribution in [2.75, 3.05) is 45.7 Å². The van der Waals surface area contributed by atoms with Gasteiger partial charge in [-0.15, -0.1) is 0 Å². The van der Waals surface area contributed by atoms with Gasteiger partial charge in [0.05, 0.1) is 12.2 Å². The Hall–Kier alpha value is -1.87. The van der Waals surface area contributed by atoms with E-state index in [9.17, 15) is 22.4 Å². The molecule has 0 unspecified atom stereocenters. The van der Waals surface area contributed by atoms with Crippen molar-refractivity contribution >= 4 is 11.7 Å². The first-order valence-corrected chi connectivity index (χ1v) is 8.34. The van der Waals surface area contributed by atoms with Gasteiger partial charge < -0.3 is 19.9 Å². The van der Waals surface area contributed by atoms with E-state index in [-0.39, 0.29) is 11.7 Å². The fourth-order valence-corrected chi connectivity index (χ4v) is 2.96. The predicted molar refractivity (Wildman–Crippen MR) is 89.5 cm³/mol. The van der Waals surface area contributed by atoms with Gasteiger partial charge in [-0.2, -0.15) is 13.2 Å². The number of likely N-dealkylation sites (tertiary alicyclic amines) is 1. The third-order valence-electron chi connectivity index (χ3n) is 4.45. The summed E-state index contributed by atoms with van der Waals surface area (Å²) in [6.45, 7) is 2.37. The zero-order valence-electron chi connectivity index (χ0n) is 14.8. The Kier molecular flexibility index (Phi) is 6.82. The van der Waals surface area contributed by atoms with E-state index in [1.807, 2.05) is 7.05 Å². The second-order valence-electron chi connectivity index (χ2n) is 6.34. The third kappa shape index (κ3) is 5.31. The fourth-order valence-electron chi connectivity index (χ4n) is 2.96. The molecule has 0 bridgehead atoms. The minimum Gasteiger partial charge on any atom is -0.383 e. The molecule has 5 nitrogen and oxygen atoms in total. The van der Waals surface area contributed by atoms with E-state index >= 15 is 0 Å². The molecule has 1 aliphatic rings. The summed E-state index contributed by atoms with van der Waals surface area (Å²) in [6, 6.07) is 1.88. The van der Waals surface area contributed by atoms with Crippen LogP contribution in [-0.4, -0.2) is 62.3 Å². The Morgan fingerprint density at radius 1 is 1.35 bits per heavy atom. The number of methoxy groups -OCH3 is 1. The first-order chi connectivity index (χ1) is 12.2. The molecule has 1 saturated heterocycles. The Morgan fingerprint density at radius 3 is 2.54 bits per heavy atom. The number of piperidine rings is 1. The molecule has 1 N–H and O–H groups in total. The molecule has 26 heavy (non-hydrogen) atoms. The number of carbonyl (C=O) groups excluding carboxylic acids is 1. The number of anilines is 1. The van der Waals surface area contributed by atoms with Gasteiger partial charge in [0.15, 0.2) is 0 Å². The van der Waals surface area contributed by atoms with Crippen LogP contribution in [0.25, 0.3) is 0 Å². The number of nitrogens with one attached hydrogen (secondary N) is 1. The zero-order valence-corrected chi connectivity index (χ0v) is 14.8. The monoisotopic (exact) mass is 377 g/mol. The largest absolute Gasteiger partial charge is 0.419 e. The lowest BCUT2D eigenvalue weighted by Gasteiger charge is -2.37. The highest BCUT2D eigenvalue weighted by molar-refractivity contribution is 5.89. The number of rotatable bonds is 5. The quantitative estimate of drug-likeness (QED) is 0.800. The first kappa shape index (κ1) is 20.4. The summed E-state index contributed by atoms with van der Waals surface area (Å²) >= 11 is 0. The molecule has 0 saturated carbocycles. The average Bonchev–Trinajstić information content (AvgIpc) is 2.55. The van der Waals surface area contributed by atoms with Gasteiger partial charge in [0.2, 0.25) is 0 Å². The van der Waals surface area contributed by atoms with Crippen molar-refractivity contribution in [3.63, 3.8) is 0 Å². The number of amides is 2. The van der Waals surface area contributed by atoms with Gasteiger partial charge in [-0.05, 0) is 51.2 Å². The zero-order chi connectivity index (χ0) is 19.3. The lowest BCUT2D eigenvalue weighted by atomic mass is 10.0. The number of carbonyl (C=O) groups is 1. The van der Waals surface area contributed by atoms with Gasteiger partial charge in [-0.25, -0.2) is 9.18 Å². The summed E-state index contributed by atoms with van der Waals surface area (Å²) < 4.78 is 56.6. The van der Waals surface area contributed by atoms with Gasteiger partial charge in [0.25, 0.3) is 0 Å². The number of hydrogen-bond acceptors (Lipinski definition) is 3. The molecule has 1 aromatic carbocycles. The van der Waals surface area contributed by atoms with Crippen molar-refractivity contribution in [1.82, 2.24) is 9.80 Å². The average molecular weight is 377 g/mol. The standard InChI is InChI=1S/C17H23F4N3O2/c1-23-7-5-13(6-8-23)24(9-10-26-2)16(25)22-12-3-4-14(15(18)11-12)17(19,20)21/h3-4,11,13H,5-10H2,1-2H3,(H,22,25). The summed E-state index contributed by atoms with van der Waals surface area (Å²) in [4.78, 5) is 16.4.